The number of aromatic amines is 1. The predicted octanol–water partition coefficient (Wildman–Crippen LogP) is 3.07. The van der Waals surface area contributed by atoms with Gasteiger partial charge in [0, 0.05) is 56.1 Å². The minimum absolute atomic E-state index is 0.0145. The van der Waals surface area contributed by atoms with E-state index in [0.29, 0.717) is 23.6 Å². The first-order valence-electron chi connectivity index (χ1n) is 12.4. The molecule has 4 aromatic rings. The van der Waals surface area contributed by atoms with Crippen LogP contribution in [0, 0.1) is 0 Å². The Morgan fingerprint density at radius 2 is 2.05 bits per heavy atom. The molecule has 11 nitrogen and oxygen atoms in total. The normalized spacial score (nSPS) is 17.6. The van der Waals surface area contributed by atoms with Crippen LogP contribution in [0.1, 0.15) is 13.8 Å². The van der Waals surface area contributed by atoms with Gasteiger partial charge in [-0.15, -0.1) is 5.10 Å². The Hall–Kier alpha value is -3.96. The van der Waals surface area contributed by atoms with E-state index in [-0.39, 0.29) is 11.9 Å². The molecule has 1 aliphatic heterocycles. The molecule has 3 aromatic heterocycles. The smallest absolute Gasteiger partial charge is 0.256 e. The average Bonchev–Trinajstić information content (AvgIpc) is 3.49. The topological polar surface area (TPSA) is 116 Å². The minimum atomic E-state index is -0.221. The number of aryl methyl sites for hydroxylation is 1. The van der Waals surface area contributed by atoms with Crippen LogP contribution in [0.25, 0.3) is 22.2 Å². The maximum Gasteiger partial charge on any atom is 0.256 e. The number of H-pyrrole nitrogens is 1. The van der Waals surface area contributed by atoms with Crippen molar-refractivity contribution in [1.29, 1.82) is 0 Å². The zero-order chi connectivity index (χ0) is 26.1. The van der Waals surface area contributed by atoms with E-state index in [1.54, 1.807) is 24.2 Å². The molecule has 0 radical (unpaired) electrons. The number of amides is 1. The highest BCUT2D eigenvalue weighted by molar-refractivity contribution is 6.06. The van der Waals surface area contributed by atoms with Gasteiger partial charge >= 0.3 is 0 Å². The fraction of sp³-hybridized carbons (Fsp3) is 0.385. The number of methoxy groups -OCH3 is 1. The fourth-order valence-electron chi connectivity index (χ4n) is 4.70. The van der Waals surface area contributed by atoms with Crippen molar-refractivity contribution in [1.82, 2.24) is 34.5 Å². The number of aromatic nitrogens is 5. The molecule has 1 aromatic carbocycles. The van der Waals surface area contributed by atoms with Gasteiger partial charge in [-0.1, -0.05) is 12.1 Å². The third kappa shape index (κ3) is 5.00. The third-order valence-electron chi connectivity index (χ3n) is 7.06. The maximum absolute atomic E-state index is 13.2. The van der Waals surface area contributed by atoms with Crippen LogP contribution in [0.15, 0.2) is 42.9 Å². The van der Waals surface area contributed by atoms with Crippen LogP contribution in [-0.2, 0) is 11.8 Å². The summed E-state index contributed by atoms with van der Waals surface area (Å²) in [5, 5.41) is 11.5. The maximum atomic E-state index is 13.2. The van der Waals surface area contributed by atoms with Crippen molar-refractivity contribution in [3.8, 4) is 17.1 Å². The summed E-state index contributed by atoms with van der Waals surface area (Å²) < 4.78 is 6.97. The Bertz CT molecular complexity index is 1410. The number of anilines is 3. The highest BCUT2D eigenvalue weighted by atomic mass is 16.5. The highest BCUT2D eigenvalue weighted by Gasteiger charge is 2.28. The molecule has 4 heterocycles. The average molecular weight is 504 g/mol. The van der Waals surface area contributed by atoms with Crippen molar-refractivity contribution >= 4 is 34.1 Å². The van der Waals surface area contributed by atoms with E-state index in [1.165, 1.54) is 0 Å². The molecule has 1 amide bonds. The number of likely N-dealkylation sites (N-methyl/N-ethyl adjacent to an activating group) is 1. The number of benzene rings is 1. The molecule has 1 aliphatic rings. The number of nitrogens with one attached hydrogen (secondary N) is 3. The van der Waals surface area contributed by atoms with Gasteiger partial charge < -0.3 is 25.3 Å². The molecule has 11 heteroatoms. The van der Waals surface area contributed by atoms with E-state index in [4.69, 9.17) is 9.72 Å². The lowest BCUT2D eigenvalue weighted by atomic mass is 10.1. The van der Waals surface area contributed by atoms with Gasteiger partial charge in [0.15, 0.2) is 0 Å². The van der Waals surface area contributed by atoms with Crippen LogP contribution in [0.2, 0.25) is 0 Å². The predicted molar refractivity (Wildman–Crippen MR) is 144 cm³/mol. The Labute approximate surface area is 215 Å². The van der Waals surface area contributed by atoms with E-state index in [2.05, 4.69) is 49.5 Å². The van der Waals surface area contributed by atoms with Crippen molar-refractivity contribution in [2.75, 3.05) is 44.4 Å². The van der Waals surface area contributed by atoms with Gasteiger partial charge in [0.25, 0.3) is 5.88 Å². The second kappa shape index (κ2) is 10.2. The lowest BCUT2D eigenvalue weighted by Crippen LogP contribution is -2.55. The van der Waals surface area contributed by atoms with Crippen LogP contribution in [0.3, 0.4) is 0 Å². The zero-order valence-corrected chi connectivity index (χ0v) is 21.8. The molecule has 5 rings (SSSR count). The van der Waals surface area contributed by atoms with Gasteiger partial charge in [-0.3, -0.25) is 14.4 Å². The molecule has 0 spiro atoms. The number of piperazine rings is 1. The second-order valence-corrected chi connectivity index (χ2v) is 9.54. The summed E-state index contributed by atoms with van der Waals surface area (Å²) in [6, 6.07) is 7.93. The summed E-state index contributed by atoms with van der Waals surface area (Å²) in [6.07, 6.45) is 5.42. The van der Waals surface area contributed by atoms with E-state index < -0.39 is 0 Å². The van der Waals surface area contributed by atoms with Crippen LogP contribution >= 0.6 is 0 Å². The highest BCUT2D eigenvalue weighted by Crippen LogP contribution is 2.32. The SMILES string of the molecule is COc1nn(C)cc1Nc1nccc(-c2c[nH]c3c(NC(=O)C(C)N4CCN(C)[C@H](C)C4)cccc23)n1. The molecule has 2 atom stereocenters. The van der Waals surface area contributed by atoms with Gasteiger partial charge in [-0.05, 0) is 33.0 Å². The molecule has 0 aliphatic carbocycles. The first-order valence-corrected chi connectivity index (χ1v) is 12.4. The van der Waals surface area contributed by atoms with Gasteiger partial charge in [0.2, 0.25) is 11.9 Å². The lowest BCUT2D eigenvalue weighted by Gasteiger charge is -2.40. The van der Waals surface area contributed by atoms with E-state index >= 15 is 0 Å². The molecule has 0 saturated carbocycles. The second-order valence-electron chi connectivity index (χ2n) is 9.54. The Balaban J connectivity index is 1.36. The first kappa shape index (κ1) is 24.7. The number of hydrogen-bond donors (Lipinski definition) is 3. The van der Waals surface area contributed by atoms with Crippen LogP contribution in [-0.4, -0.2) is 86.3 Å². The molecular formula is C26H33N9O2. The van der Waals surface area contributed by atoms with E-state index in [0.717, 1.165) is 47.5 Å². The monoisotopic (exact) mass is 503 g/mol. The van der Waals surface area contributed by atoms with Crippen molar-refractivity contribution in [3.63, 3.8) is 0 Å². The number of nitrogens with zero attached hydrogens (tertiary/aromatic N) is 6. The van der Waals surface area contributed by atoms with Gasteiger partial charge in [-0.25, -0.2) is 9.97 Å². The number of fused-ring (bicyclic) bond motifs is 1. The summed E-state index contributed by atoms with van der Waals surface area (Å²) in [5.74, 6) is 0.876. The quantitative estimate of drug-likeness (QED) is 0.352. The number of ether oxygens (including phenoxy) is 1. The molecular weight excluding hydrogens is 470 g/mol. The van der Waals surface area contributed by atoms with E-state index in [9.17, 15) is 4.79 Å². The Kier molecular flexibility index (Phi) is 6.81. The standard InChI is InChI=1S/C26H33N9O2/c1-16-14-35(12-11-33(16)3)17(2)24(36)29-21-8-6-7-18-19(13-28-23(18)21)20-9-10-27-26(30-20)31-22-15-34(4)32-25(22)37-5/h6-10,13,15-17,28H,11-12,14H2,1-5H3,(H,29,36)(H,27,30,31)/t16-,17?/m1/s1. The Morgan fingerprint density at radius 1 is 1.22 bits per heavy atom. The van der Waals surface area contributed by atoms with Gasteiger partial charge in [-0.2, -0.15) is 0 Å². The molecule has 1 unspecified atom stereocenters. The number of rotatable bonds is 7. The number of hydrogen-bond acceptors (Lipinski definition) is 8. The molecule has 37 heavy (non-hydrogen) atoms. The van der Waals surface area contributed by atoms with Crippen molar-refractivity contribution in [3.05, 3.63) is 42.9 Å². The van der Waals surface area contributed by atoms with Gasteiger partial charge in [0.05, 0.1) is 36.2 Å². The molecule has 194 valence electrons. The van der Waals surface area contributed by atoms with Crippen LogP contribution in [0.4, 0.5) is 17.3 Å². The summed E-state index contributed by atoms with van der Waals surface area (Å²) in [5.41, 5.74) is 3.93. The van der Waals surface area contributed by atoms with Crippen molar-refractivity contribution in [2.45, 2.75) is 25.9 Å². The van der Waals surface area contributed by atoms with Gasteiger partial charge in [0.1, 0.15) is 5.69 Å². The lowest BCUT2D eigenvalue weighted by molar-refractivity contribution is -0.121. The molecule has 1 saturated heterocycles. The summed E-state index contributed by atoms with van der Waals surface area (Å²) in [6.45, 7) is 6.87. The Morgan fingerprint density at radius 3 is 2.84 bits per heavy atom. The number of carbonyl (C=O) groups excluding carboxylic acids is 1. The van der Waals surface area contributed by atoms with Crippen LogP contribution in [0.5, 0.6) is 5.88 Å². The zero-order valence-electron chi connectivity index (χ0n) is 21.8. The number of para-hydroxylation sites is 1. The molecule has 1 fully saturated rings. The van der Waals surface area contributed by atoms with E-state index in [1.807, 2.05) is 44.4 Å². The molecule has 3 N–H and O–H groups in total. The third-order valence-corrected chi connectivity index (χ3v) is 7.06. The fourth-order valence-corrected chi connectivity index (χ4v) is 4.70. The molecule has 0 bridgehead atoms. The summed E-state index contributed by atoms with van der Waals surface area (Å²) >= 11 is 0. The van der Waals surface area contributed by atoms with Crippen molar-refractivity contribution < 1.29 is 9.53 Å². The number of carbonyl (C=O) groups is 1. The largest absolute Gasteiger partial charge is 0.478 e. The van der Waals surface area contributed by atoms with Crippen molar-refractivity contribution in [2.24, 2.45) is 7.05 Å². The van der Waals surface area contributed by atoms with Crippen LogP contribution < -0.4 is 15.4 Å². The first-order chi connectivity index (χ1) is 17.8. The summed E-state index contributed by atoms with van der Waals surface area (Å²) in [4.78, 5) is 30.1. The minimum Gasteiger partial charge on any atom is -0.478 e. The summed E-state index contributed by atoms with van der Waals surface area (Å²) in [7, 11) is 5.52.